The minimum Gasteiger partial charge on any atom is -0.376 e. The molecule has 1 aliphatic rings. The van der Waals surface area contributed by atoms with E-state index in [0.29, 0.717) is 33.5 Å². The van der Waals surface area contributed by atoms with Gasteiger partial charge >= 0.3 is 0 Å². The van der Waals surface area contributed by atoms with Gasteiger partial charge in [-0.05, 0) is 29.5 Å². The van der Waals surface area contributed by atoms with Crippen LogP contribution in [0.4, 0.5) is 4.39 Å². The van der Waals surface area contributed by atoms with Crippen molar-refractivity contribution in [3.8, 4) is 0 Å². The molecule has 1 unspecified atom stereocenters. The van der Waals surface area contributed by atoms with Crippen LogP contribution in [0.2, 0.25) is 5.02 Å². The number of benzene rings is 1. The number of ketones is 1. The summed E-state index contributed by atoms with van der Waals surface area (Å²) < 4.78 is 18.9. The van der Waals surface area contributed by atoms with Crippen molar-refractivity contribution in [3.63, 3.8) is 0 Å². The van der Waals surface area contributed by atoms with Crippen molar-refractivity contribution in [2.75, 3.05) is 12.4 Å². The van der Waals surface area contributed by atoms with Gasteiger partial charge in [0.15, 0.2) is 0 Å². The number of amides is 1. The van der Waals surface area contributed by atoms with Crippen LogP contribution in [0.25, 0.3) is 10.2 Å². The second-order valence-electron chi connectivity index (χ2n) is 7.29. The number of nitrogens with zero attached hydrogens (tertiary/aromatic N) is 1. The molecule has 0 spiro atoms. The van der Waals surface area contributed by atoms with Crippen LogP contribution in [0.15, 0.2) is 28.4 Å². The highest BCUT2D eigenvalue weighted by Crippen LogP contribution is 2.24. The van der Waals surface area contributed by atoms with Crippen LogP contribution in [-0.4, -0.2) is 39.1 Å². The third-order valence-electron chi connectivity index (χ3n) is 5.02. The summed E-state index contributed by atoms with van der Waals surface area (Å²) in [6.07, 6.45) is 0.574. The van der Waals surface area contributed by atoms with Crippen LogP contribution in [-0.2, 0) is 27.5 Å². The Balaban J connectivity index is 1.41. The molecule has 172 valence electrons. The fraction of sp³-hybridized carbons (Fsp3) is 0.286. The standard InChI is InChI=1S/C21H17ClFN3O5S2/c22-13-5-10(1-2-14(13)23)6-24-19(29)17-25-18(28)15-12(9-33-20(15)26-17)8-31-7-11-3-4-32-21(30)16(11)27/h1-2,5,9,11H,3-4,6-8H2,(H,24,29)(H,25,26,28). The molecule has 2 aromatic heterocycles. The van der Waals surface area contributed by atoms with E-state index in [4.69, 9.17) is 16.3 Å². The minimum absolute atomic E-state index is 0.0543. The molecule has 1 atom stereocenters. The SMILES string of the molecule is O=C1SCCC(COCc2csc3nc(C(=O)NCc4ccc(F)c(Cl)c4)[nH]c(=O)c23)C1=O. The minimum atomic E-state index is -0.598. The molecule has 12 heteroatoms. The lowest BCUT2D eigenvalue weighted by Gasteiger charge is -2.18. The average Bonchev–Trinajstić information content (AvgIpc) is 3.20. The van der Waals surface area contributed by atoms with Crippen LogP contribution in [0, 0.1) is 11.7 Å². The molecule has 0 radical (unpaired) electrons. The summed E-state index contributed by atoms with van der Waals surface area (Å²) in [7, 11) is 0. The number of rotatable bonds is 7. The summed E-state index contributed by atoms with van der Waals surface area (Å²) in [5.41, 5.74) is 0.682. The maximum atomic E-state index is 13.3. The molecule has 4 rings (SSSR count). The monoisotopic (exact) mass is 509 g/mol. The van der Waals surface area contributed by atoms with Gasteiger partial charge in [0.25, 0.3) is 16.6 Å². The first-order chi connectivity index (χ1) is 15.8. The molecule has 8 nitrogen and oxygen atoms in total. The Morgan fingerprint density at radius 1 is 1.33 bits per heavy atom. The number of Topliss-reactive ketones (excluding diaryl/α,β-unsaturated/α-hetero) is 1. The Hall–Kier alpha value is -2.60. The second kappa shape index (κ2) is 10.1. The predicted octanol–water partition coefficient (Wildman–Crippen LogP) is 3.07. The van der Waals surface area contributed by atoms with Gasteiger partial charge in [0.05, 0.1) is 29.5 Å². The number of halogens is 2. The number of aromatic nitrogens is 2. The number of hydrogen-bond acceptors (Lipinski definition) is 8. The Kier molecular flexibility index (Phi) is 7.23. The van der Waals surface area contributed by atoms with E-state index < -0.39 is 34.1 Å². The number of fused-ring (bicyclic) bond motifs is 1. The second-order valence-corrected chi connectivity index (χ2v) is 9.62. The van der Waals surface area contributed by atoms with Crippen molar-refractivity contribution in [3.05, 3.63) is 61.7 Å². The maximum Gasteiger partial charge on any atom is 0.287 e. The largest absolute Gasteiger partial charge is 0.376 e. The quantitative estimate of drug-likeness (QED) is 0.470. The fourth-order valence-electron chi connectivity index (χ4n) is 3.27. The highest BCUT2D eigenvalue weighted by atomic mass is 35.5. The number of nitrogens with one attached hydrogen (secondary N) is 2. The number of aromatic amines is 1. The first kappa shape index (κ1) is 23.6. The van der Waals surface area contributed by atoms with E-state index in [1.54, 1.807) is 5.38 Å². The highest BCUT2D eigenvalue weighted by molar-refractivity contribution is 8.15. The van der Waals surface area contributed by atoms with Gasteiger partial charge in [0, 0.05) is 17.9 Å². The molecule has 1 amide bonds. The molecule has 33 heavy (non-hydrogen) atoms. The smallest absolute Gasteiger partial charge is 0.287 e. The molecule has 1 fully saturated rings. The van der Waals surface area contributed by atoms with E-state index in [0.717, 1.165) is 11.8 Å². The zero-order valence-electron chi connectivity index (χ0n) is 17.0. The maximum absolute atomic E-state index is 13.3. The topological polar surface area (TPSA) is 118 Å². The van der Waals surface area contributed by atoms with Crippen LogP contribution < -0.4 is 10.9 Å². The summed E-state index contributed by atoms with van der Waals surface area (Å²) in [6, 6.07) is 4.09. The molecular formula is C21H17ClFN3O5S2. The summed E-state index contributed by atoms with van der Waals surface area (Å²) >= 11 is 7.95. The van der Waals surface area contributed by atoms with E-state index >= 15 is 0 Å². The van der Waals surface area contributed by atoms with Crippen molar-refractivity contribution >= 4 is 61.7 Å². The lowest BCUT2D eigenvalue weighted by molar-refractivity contribution is -0.136. The molecular weight excluding hydrogens is 493 g/mol. The van der Waals surface area contributed by atoms with E-state index in [-0.39, 0.29) is 30.6 Å². The zero-order chi connectivity index (χ0) is 23.5. The van der Waals surface area contributed by atoms with Crippen molar-refractivity contribution in [2.45, 2.75) is 19.6 Å². The number of ether oxygens (including phenoxy) is 1. The third-order valence-corrected chi connectivity index (χ3v) is 7.13. The van der Waals surface area contributed by atoms with E-state index in [1.807, 2.05) is 0 Å². The van der Waals surface area contributed by atoms with E-state index in [9.17, 15) is 23.6 Å². The Labute approximate surface area is 199 Å². The van der Waals surface area contributed by atoms with Gasteiger partial charge in [-0.3, -0.25) is 19.2 Å². The Morgan fingerprint density at radius 2 is 2.15 bits per heavy atom. The van der Waals surface area contributed by atoms with Gasteiger partial charge in [0.1, 0.15) is 10.6 Å². The third kappa shape index (κ3) is 5.32. The van der Waals surface area contributed by atoms with Gasteiger partial charge in [-0.15, -0.1) is 11.3 Å². The van der Waals surface area contributed by atoms with E-state index in [1.165, 1.54) is 29.5 Å². The molecule has 0 saturated carbocycles. The summed E-state index contributed by atoms with van der Waals surface area (Å²) in [6.45, 7) is 0.249. The van der Waals surface area contributed by atoms with Gasteiger partial charge in [0.2, 0.25) is 11.6 Å². The van der Waals surface area contributed by atoms with Gasteiger partial charge in [-0.2, -0.15) is 0 Å². The lowest BCUT2D eigenvalue weighted by Crippen LogP contribution is -2.30. The first-order valence-corrected chi connectivity index (χ1v) is 12.1. The summed E-state index contributed by atoms with van der Waals surface area (Å²) in [5.74, 6) is -1.62. The number of thioether (sulfide) groups is 1. The summed E-state index contributed by atoms with van der Waals surface area (Å²) in [4.78, 5) is 55.5. The van der Waals surface area contributed by atoms with Crippen LogP contribution in [0.3, 0.4) is 0 Å². The molecule has 1 aromatic carbocycles. The molecule has 2 N–H and O–H groups in total. The lowest BCUT2D eigenvalue weighted by atomic mass is 10.0. The molecule has 1 aliphatic heterocycles. The Morgan fingerprint density at radius 3 is 2.94 bits per heavy atom. The average molecular weight is 510 g/mol. The molecule has 1 saturated heterocycles. The van der Waals surface area contributed by atoms with Gasteiger partial charge in [-0.25, -0.2) is 9.37 Å². The van der Waals surface area contributed by atoms with Crippen LogP contribution >= 0.6 is 34.7 Å². The number of thiophene rings is 1. The number of carbonyl (C=O) groups is 3. The van der Waals surface area contributed by atoms with Crippen LogP contribution in [0.5, 0.6) is 0 Å². The molecule has 3 heterocycles. The van der Waals surface area contributed by atoms with Gasteiger partial charge in [-0.1, -0.05) is 29.4 Å². The Bertz CT molecular complexity index is 1310. The number of carbonyl (C=O) groups excluding carboxylic acids is 3. The number of H-pyrrole nitrogens is 1. The normalized spacial score (nSPS) is 16.4. The number of hydrogen-bond donors (Lipinski definition) is 2. The summed E-state index contributed by atoms with van der Waals surface area (Å²) in [5, 5.41) is 4.13. The van der Waals surface area contributed by atoms with Crippen molar-refractivity contribution in [2.24, 2.45) is 5.92 Å². The molecule has 0 bridgehead atoms. The molecule has 0 aliphatic carbocycles. The van der Waals surface area contributed by atoms with Crippen molar-refractivity contribution < 1.29 is 23.5 Å². The zero-order valence-corrected chi connectivity index (χ0v) is 19.4. The molecule has 3 aromatic rings. The van der Waals surface area contributed by atoms with Gasteiger partial charge < -0.3 is 15.0 Å². The van der Waals surface area contributed by atoms with Crippen molar-refractivity contribution in [1.29, 1.82) is 0 Å². The highest BCUT2D eigenvalue weighted by Gasteiger charge is 2.30. The fourth-order valence-corrected chi connectivity index (χ4v) is 5.29. The van der Waals surface area contributed by atoms with E-state index in [2.05, 4.69) is 15.3 Å². The van der Waals surface area contributed by atoms with Crippen LogP contribution in [0.1, 0.15) is 28.2 Å². The first-order valence-electron chi connectivity index (χ1n) is 9.84. The van der Waals surface area contributed by atoms with Crippen molar-refractivity contribution in [1.82, 2.24) is 15.3 Å². The predicted molar refractivity (Wildman–Crippen MR) is 123 cm³/mol.